The molecule has 1 aliphatic carbocycles. The van der Waals surface area contributed by atoms with Gasteiger partial charge in [0.1, 0.15) is 0 Å². The molecule has 1 aromatic heterocycles. The molecule has 6 nitrogen and oxygen atoms in total. The Morgan fingerprint density at radius 2 is 1.91 bits per heavy atom. The van der Waals surface area contributed by atoms with Crippen molar-refractivity contribution in [3.8, 4) is 0 Å². The highest BCUT2D eigenvalue weighted by Gasteiger charge is 2.39. The second kappa shape index (κ2) is 6.23. The van der Waals surface area contributed by atoms with Crippen LogP contribution in [0.15, 0.2) is 0 Å². The summed E-state index contributed by atoms with van der Waals surface area (Å²) in [5.74, 6) is 0.832. The van der Waals surface area contributed by atoms with E-state index in [2.05, 4.69) is 20.5 Å². The highest BCUT2D eigenvalue weighted by atomic mass is 16.2. The molecule has 3 heterocycles. The molecule has 0 spiro atoms. The van der Waals surface area contributed by atoms with Crippen LogP contribution < -0.4 is 5.32 Å². The number of aromatic nitrogens is 3. The fourth-order valence-corrected chi connectivity index (χ4v) is 4.43. The number of hydrogen-bond donors (Lipinski definition) is 1. The quantitative estimate of drug-likeness (QED) is 0.925. The van der Waals surface area contributed by atoms with Crippen molar-refractivity contribution in [3.05, 3.63) is 11.4 Å². The van der Waals surface area contributed by atoms with E-state index in [4.69, 9.17) is 0 Å². The van der Waals surface area contributed by atoms with Crippen molar-refractivity contribution < 1.29 is 4.79 Å². The predicted octanol–water partition coefficient (Wildman–Crippen LogP) is 1.92. The van der Waals surface area contributed by atoms with Gasteiger partial charge in [-0.3, -0.25) is 4.79 Å². The molecule has 1 N–H and O–H groups in total. The van der Waals surface area contributed by atoms with Gasteiger partial charge in [-0.2, -0.15) is 0 Å². The monoisotopic (exact) mass is 317 g/mol. The summed E-state index contributed by atoms with van der Waals surface area (Å²) >= 11 is 0. The summed E-state index contributed by atoms with van der Waals surface area (Å²) in [5.41, 5.74) is 1.52. The van der Waals surface area contributed by atoms with Crippen LogP contribution in [0.3, 0.4) is 0 Å². The SMILES string of the molecule is Cc1c(C(=O)N2CCC[C@@H]2C2CCC2)nnn1C1CCNCC1. The minimum Gasteiger partial charge on any atom is -0.334 e. The molecule has 3 aliphatic rings. The normalized spacial score (nSPS) is 26.5. The predicted molar refractivity (Wildman–Crippen MR) is 87.3 cm³/mol. The van der Waals surface area contributed by atoms with E-state index in [1.54, 1.807) is 0 Å². The lowest BCUT2D eigenvalue weighted by Gasteiger charge is -2.36. The third-order valence-electron chi connectivity index (χ3n) is 6.04. The van der Waals surface area contributed by atoms with Gasteiger partial charge in [0, 0.05) is 12.6 Å². The number of rotatable bonds is 3. The molecule has 2 saturated heterocycles. The van der Waals surface area contributed by atoms with Crippen LogP contribution >= 0.6 is 0 Å². The first-order valence-electron chi connectivity index (χ1n) is 9.19. The van der Waals surface area contributed by atoms with E-state index in [1.165, 1.54) is 19.3 Å². The first kappa shape index (κ1) is 15.1. The fraction of sp³-hybridized carbons (Fsp3) is 0.824. The summed E-state index contributed by atoms with van der Waals surface area (Å²) in [5, 5.41) is 12.0. The Morgan fingerprint density at radius 1 is 1.13 bits per heavy atom. The molecular formula is C17H27N5O. The summed E-state index contributed by atoms with van der Waals surface area (Å²) in [6.07, 6.45) is 8.32. The van der Waals surface area contributed by atoms with Gasteiger partial charge in [-0.05, 0) is 64.5 Å². The average Bonchev–Trinajstić information content (AvgIpc) is 3.13. The fourth-order valence-electron chi connectivity index (χ4n) is 4.43. The Kier molecular flexibility index (Phi) is 4.09. The second-order valence-corrected chi connectivity index (χ2v) is 7.35. The third kappa shape index (κ3) is 2.67. The number of carbonyl (C=O) groups is 1. The molecule has 0 radical (unpaired) electrons. The molecule has 1 atom stereocenters. The van der Waals surface area contributed by atoms with Gasteiger partial charge in [0.15, 0.2) is 5.69 Å². The Balaban J connectivity index is 1.53. The number of hydrogen-bond acceptors (Lipinski definition) is 4. The number of likely N-dealkylation sites (tertiary alicyclic amines) is 1. The zero-order valence-electron chi connectivity index (χ0n) is 14.0. The molecule has 0 unspecified atom stereocenters. The van der Waals surface area contributed by atoms with Gasteiger partial charge in [0.2, 0.25) is 0 Å². The lowest BCUT2D eigenvalue weighted by atomic mass is 9.79. The van der Waals surface area contributed by atoms with Crippen molar-refractivity contribution in [2.24, 2.45) is 5.92 Å². The average molecular weight is 317 g/mol. The standard InChI is InChI=1S/C17H27N5O/c1-12-16(19-20-22(12)14-7-9-18-10-8-14)17(23)21-11-3-6-15(21)13-4-2-5-13/h13-15,18H,2-11H2,1H3/t15-/m1/s1. The highest BCUT2D eigenvalue weighted by Crippen LogP contribution is 2.37. The minimum absolute atomic E-state index is 0.108. The van der Waals surface area contributed by atoms with Gasteiger partial charge < -0.3 is 10.2 Å². The Hall–Kier alpha value is -1.43. The van der Waals surface area contributed by atoms with Crippen molar-refractivity contribution in [2.45, 2.75) is 64.0 Å². The highest BCUT2D eigenvalue weighted by molar-refractivity contribution is 5.93. The molecule has 2 aliphatic heterocycles. The lowest BCUT2D eigenvalue weighted by Crippen LogP contribution is -2.42. The largest absolute Gasteiger partial charge is 0.334 e. The maximum absolute atomic E-state index is 13.0. The number of nitrogens with one attached hydrogen (secondary N) is 1. The maximum atomic E-state index is 13.0. The zero-order valence-corrected chi connectivity index (χ0v) is 14.0. The number of amides is 1. The van der Waals surface area contributed by atoms with E-state index in [0.717, 1.165) is 56.9 Å². The Labute approximate surface area is 137 Å². The molecule has 23 heavy (non-hydrogen) atoms. The van der Waals surface area contributed by atoms with Crippen molar-refractivity contribution in [1.82, 2.24) is 25.2 Å². The molecule has 0 bridgehead atoms. The molecule has 1 amide bonds. The van der Waals surface area contributed by atoms with Crippen molar-refractivity contribution in [2.75, 3.05) is 19.6 Å². The van der Waals surface area contributed by atoms with E-state index in [9.17, 15) is 4.79 Å². The summed E-state index contributed by atoms with van der Waals surface area (Å²) in [6, 6.07) is 0.825. The van der Waals surface area contributed by atoms with E-state index < -0.39 is 0 Å². The third-order valence-corrected chi connectivity index (χ3v) is 6.04. The van der Waals surface area contributed by atoms with Gasteiger partial charge >= 0.3 is 0 Å². The number of carbonyl (C=O) groups excluding carboxylic acids is 1. The van der Waals surface area contributed by atoms with Gasteiger partial charge in [-0.1, -0.05) is 11.6 Å². The Bertz CT molecular complexity index is 574. The molecular weight excluding hydrogens is 290 g/mol. The van der Waals surface area contributed by atoms with Crippen LogP contribution in [-0.2, 0) is 0 Å². The molecule has 6 heteroatoms. The topological polar surface area (TPSA) is 63.1 Å². The maximum Gasteiger partial charge on any atom is 0.276 e. The molecule has 1 aromatic rings. The van der Waals surface area contributed by atoms with Crippen LogP contribution in [0.25, 0.3) is 0 Å². The van der Waals surface area contributed by atoms with Crippen LogP contribution in [0, 0.1) is 12.8 Å². The number of nitrogens with zero attached hydrogens (tertiary/aromatic N) is 4. The van der Waals surface area contributed by atoms with Crippen LogP contribution in [0.5, 0.6) is 0 Å². The van der Waals surface area contributed by atoms with Crippen molar-refractivity contribution >= 4 is 5.91 Å². The van der Waals surface area contributed by atoms with E-state index >= 15 is 0 Å². The van der Waals surface area contributed by atoms with Gasteiger partial charge in [-0.25, -0.2) is 4.68 Å². The van der Waals surface area contributed by atoms with Crippen molar-refractivity contribution in [3.63, 3.8) is 0 Å². The summed E-state index contributed by atoms with van der Waals surface area (Å²) < 4.78 is 1.99. The zero-order chi connectivity index (χ0) is 15.8. The molecule has 3 fully saturated rings. The van der Waals surface area contributed by atoms with Gasteiger partial charge in [0.05, 0.1) is 11.7 Å². The first-order valence-corrected chi connectivity index (χ1v) is 9.19. The van der Waals surface area contributed by atoms with Crippen LogP contribution in [0.4, 0.5) is 0 Å². The van der Waals surface area contributed by atoms with Gasteiger partial charge in [0.25, 0.3) is 5.91 Å². The van der Waals surface area contributed by atoms with E-state index in [-0.39, 0.29) is 5.91 Å². The van der Waals surface area contributed by atoms with Crippen LogP contribution in [0.2, 0.25) is 0 Å². The van der Waals surface area contributed by atoms with Crippen LogP contribution in [-0.4, -0.2) is 51.5 Å². The summed E-state index contributed by atoms with van der Waals surface area (Å²) in [4.78, 5) is 15.1. The minimum atomic E-state index is 0.108. The first-order chi connectivity index (χ1) is 11.3. The summed E-state index contributed by atoms with van der Waals surface area (Å²) in [7, 11) is 0. The Morgan fingerprint density at radius 3 is 2.61 bits per heavy atom. The lowest BCUT2D eigenvalue weighted by molar-refractivity contribution is 0.0619. The van der Waals surface area contributed by atoms with Gasteiger partial charge in [-0.15, -0.1) is 5.10 Å². The van der Waals surface area contributed by atoms with Crippen molar-refractivity contribution in [1.29, 1.82) is 0 Å². The molecule has 126 valence electrons. The van der Waals surface area contributed by atoms with Crippen LogP contribution in [0.1, 0.15) is 67.2 Å². The van der Waals surface area contributed by atoms with E-state index in [1.807, 2.05) is 11.6 Å². The number of piperidine rings is 1. The smallest absolute Gasteiger partial charge is 0.276 e. The molecule has 0 aromatic carbocycles. The molecule has 1 saturated carbocycles. The summed E-state index contributed by atoms with van der Waals surface area (Å²) in [6.45, 7) is 4.93. The van der Waals surface area contributed by atoms with E-state index in [0.29, 0.717) is 17.8 Å². The second-order valence-electron chi connectivity index (χ2n) is 7.35. The molecule has 4 rings (SSSR count).